The Hall–Kier alpha value is -2.32. The first-order chi connectivity index (χ1) is 14.4. The van der Waals surface area contributed by atoms with Crippen LogP contribution in [0.25, 0.3) is 0 Å². The minimum atomic E-state index is -3.83. The van der Waals surface area contributed by atoms with Crippen LogP contribution in [0.3, 0.4) is 0 Å². The highest BCUT2D eigenvalue weighted by atomic mass is 32.2. The number of unbranched alkanes of at least 4 members (excludes halogenated alkanes) is 2. The highest BCUT2D eigenvalue weighted by Crippen LogP contribution is 2.23. The highest BCUT2D eigenvalue weighted by Gasteiger charge is 2.25. The van der Waals surface area contributed by atoms with E-state index in [0.717, 1.165) is 17.7 Å². The molecule has 0 aromatic heterocycles. The molecule has 0 N–H and O–H groups in total. The molecule has 31 heavy (non-hydrogen) atoms. The Morgan fingerprint density at radius 3 is 2.16 bits per heavy atom. The first kappa shape index (κ1) is 24.9. The number of aryl methyl sites for hydroxylation is 1. The lowest BCUT2D eigenvalue weighted by Gasteiger charge is -2.21. The summed E-state index contributed by atoms with van der Waals surface area (Å²) in [7, 11) is -3.83. The number of benzene rings is 2. The molecule has 0 spiro atoms. The van der Waals surface area contributed by atoms with Crippen molar-refractivity contribution < 1.29 is 30.9 Å². The van der Waals surface area contributed by atoms with Crippen molar-refractivity contribution in [3.8, 4) is 0 Å². The van der Waals surface area contributed by atoms with Crippen LogP contribution >= 0.6 is 0 Å². The predicted molar refractivity (Wildman–Crippen MR) is 113 cm³/mol. The number of carbonyl (C=O) groups is 1. The van der Waals surface area contributed by atoms with Gasteiger partial charge >= 0.3 is 5.97 Å². The molecule has 0 unspecified atom stereocenters. The van der Waals surface area contributed by atoms with E-state index >= 15 is 0 Å². The monoisotopic (exact) mass is 454 g/mol. The standard InChI is InChI=1S/C23H28F2O5S/c1-16-9-11-17(12-10-16)31(27,28)29-15-7-5-6-8-18-19(24)13-14-20(25)21(18)22(26)30-23(2,3)4/h9-14H,5-8,15H2,1-4H3. The second-order valence-corrected chi connectivity index (χ2v) is 9.90. The van der Waals surface area contributed by atoms with E-state index in [9.17, 15) is 22.0 Å². The third-order valence-electron chi connectivity index (χ3n) is 4.43. The van der Waals surface area contributed by atoms with E-state index in [1.807, 2.05) is 6.92 Å². The molecule has 0 radical (unpaired) electrons. The fourth-order valence-electron chi connectivity index (χ4n) is 2.91. The van der Waals surface area contributed by atoms with Gasteiger partial charge in [-0.2, -0.15) is 8.42 Å². The number of hydrogen-bond acceptors (Lipinski definition) is 5. The van der Waals surface area contributed by atoms with E-state index in [2.05, 4.69) is 0 Å². The van der Waals surface area contributed by atoms with Crippen LogP contribution in [-0.4, -0.2) is 26.6 Å². The fourth-order valence-corrected chi connectivity index (χ4v) is 3.85. The van der Waals surface area contributed by atoms with E-state index in [0.29, 0.717) is 19.3 Å². The van der Waals surface area contributed by atoms with Crippen LogP contribution in [-0.2, 0) is 25.5 Å². The second kappa shape index (κ2) is 10.3. The number of esters is 1. The van der Waals surface area contributed by atoms with Gasteiger partial charge in [0.05, 0.1) is 11.5 Å². The summed E-state index contributed by atoms with van der Waals surface area (Å²) in [4.78, 5) is 12.4. The number of ether oxygens (including phenoxy) is 1. The normalized spacial score (nSPS) is 12.1. The maximum atomic E-state index is 14.3. The molecule has 0 aliphatic carbocycles. The molecule has 0 heterocycles. The van der Waals surface area contributed by atoms with Crippen LogP contribution in [0, 0.1) is 18.6 Å². The van der Waals surface area contributed by atoms with Crippen LogP contribution in [0.1, 0.15) is 61.5 Å². The average Bonchev–Trinajstić information content (AvgIpc) is 2.65. The van der Waals surface area contributed by atoms with E-state index in [4.69, 9.17) is 8.92 Å². The molecule has 0 aliphatic heterocycles. The van der Waals surface area contributed by atoms with Crippen molar-refractivity contribution in [3.63, 3.8) is 0 Å². The SMILES string of the molecule is Cc1ccc(S(=O)(=O)OCCCCCc2c(F)ccc(F)c2C(=O)OC(C)(C)C)cc1. The molecule has 2 aromatic carbocycles. The van der Waals surface area contributed by atoms with Crippen molar-refractivity contribution in [2.24, 2.45) is 0 Å². The van der Waals surface area contributed by atoms with Gasteiger partial charge in [-0.1, -0.05) is 24.1 Å². The minimum absolute atomic E-state index is 0.0270. The molecule has 0 fully saturated rings. The summed E-state index contributed by atoms with van der Waals surface area (Å²) < 4.78 is 63.1. The Morgan fingerprint density at radius 1 is 0.935 bits per heavy atom. The van der Waals surface area contributed by atoms with E-state index in [1.54, 1.807) is 32.9 Å². The van der Waals surface area contributed by atoms with Crippen molar-refractivity contribution in [2.45, 2.75) is 63.9 Å². The van der Waals surface area contributed by atoms with Crippen LogP contribution in [0.15, 0.2) is 41.3 Å². The summed E-state index contributed by atoms with van der Waals surface area (Å²) in [5, 5.41) is 0. The third-order valence-corrected chi connectivity index (χ3v) is 5.75. The lowest BCUT2D eigenvalue weighted by Crippen LogP contribution is -2.25. The van der Waals surface area contributed by atoms with Gasteiger partial charge in [-0.25, -0.2) is 13.6 Å². The maximum absolute atomic E-state index is 14.3. The molecule has 8 heteroatoms. The second-order valence-electron chi connectivity index (χ2n) is 8.28. The van der Waals surface area contributed by atoms with Gasteiger partial charge in [-0.3, -0.25) is 4.18 Å². The van der Waals surface area contributed by atoms with Gasteiger partial charge in [-0.15, -0.1) is 0 Å². The van der Waals surface area contributed by atoms with Crippen molar-refractivity contribution >= 4 is 16.1 Å². The van der Waals surface area contributed by atoms with Crippen LogP contribution < -0.4 is 0 Å². The molecule has 0 saturated heterocycles. The maximum Gasteiger partial charge on any atom is 0.342 e. The van der Waals surface area contributed by atoms with E-state index < -0.39 is 38.9 Å². The molecule has 0 atom stereocenters. The minimum Gasteiger partial charge on any atom is -0.456 e. The summed E-state index contributed by atoms with van der Waals surface area (Å²) in [5.41, 5.74) is -0.335. The van der Waals surface area contributed by atoms with Gasteiger partial charge in [0.15, 0.2) is 0 Å². The number of carbonyl (C=O) groups excluding carboxylic acids is 1. The molecule has 0 aliphatic rings. The van der Waals surface area contributed by atoms with Crippen molar-refractivity contribution in [1.29, 1.82) is 0 Å². The number of halogens is 2. The lowest BCUT2D eigenvalue weighted by molar-refractivity contribution is 0.00626. The summed E-state index contributed by atoms with van der Waals surface area (Å²) in [5.74, 6) is -2.43. The zero-order valence-electron chi connectivity index (χ0n) is 18.2. The van der Waals surface area contributed by atoms with E-state index in [1.165, 1.54) is 12.1 Å². The van der Waals surface area contributed by atoms with Gasteiger partial charge in [0, 0.05) is 5.56 Å². The zero-order chi connectivity index (χ0) is 23.2. The fraction of sp³-hybridized carbons (Fsp3) is 0.435. The van der Waals surface area contributed by atoms with Crippen LogP contribution in [0.5, 0.6) is 0 Å². The quantitative estimate of drug-likeness (QED) is 0.290. The summed E-state index contributed by atoms with van der Waals surface area (Å²) in [6, 6.07) is 8.22. The molecular weight excluding hydrogens is 426 g/mol. The molecule has 0 amide bonds. The molecule has 5 nitrogen and oxygen atoms in total. The Kier molecular flexibility index (Phi) is 8.31. The summed E-state index contributed by atoms with van der Waals surface area (Å²) in [6.07, 6.45) is 1.45. The van der Waals surface area contributed by atoms with Gasteiger partial charge in [-0.05, 0) is 71.2 Å². The molecule has 0 bridgehead atoms. The van der Waals surface area contributed by atoms with Gasteiger partial charge in [0.1, 0.15) is 22.8 Å². The Balaban J connectivity index is 1.92. The summed E-state index contributed by atoms with van der Waals surface area (Å²) >= 11 is 0. The smallest absolute Gasteiger partial charge is 0.342 e. The number of hydrogen-bond donors (Lipinski definition) is 0. The van der Waals surface area contributed by atoms with Crippen molar-refractivity contribution in [2.75, 3.05) is 6.61 Å². The first-order valence-electron chi connectivity index (χ1n) is 10.1. The molecular formula is C23H28F2O5S. The lowest BCUT2D eigenvalue weighted by atomic mass is 9.99. The summed E-state index contributed by atoms with van der Waals surface area (Å²) in [6.45, 7) is 6.76. The van der Waals surface area contributed by atoms with Gasteiger partial charge in [0.25, 0.3) is 10.1 Å². The van der Waals surface area contributed by atoms with E-state index in [-0.39, 0.29) is 23.5 Å². The Labute approximate surface area is 182 Å². The van der Waals surface area contributed by atoms with Crippen LogP contribution in [0.4, 0.5) is 8.78 Å². The number of rotatable bonds is 9. The Bertz CT molecular complexity index is 1010. The molecule has 170 valence electrons. The van der Waals surface area contributed by atoms with Crippen molar-refractivity contribution in [3.05, 3.63) is 64.7 Å². The Morgan fingerprint density at radius 2 is 1.55 bits per heavy atom. The largest absolute Gasteiger partial charge is 0.456 e. The zero-order valence-corrected chi connectivity index (χ0v) is 19.0. The molecule has 2 rings (SSSR count). The van der Waals surface area contributed by atoms with Crippen LogP contribution in [0.2, 0.25) is 0 Å². The molecule has 0 saturated carbocycles. The highest BCUT2D eigenvalue weighted by molar-refractivity contribution is 7.86. The predicted octanol–water partition coefficient (Wildman–Crippen LogP) is 5.35. The van der Waals surface area contributed by atoms with Gasteiger partial charge in [0.2, 0.25) is 0 Å². The molecule has 2 aromatic rings. The van der Waals surface area contributed by atoms with Gasteiger partial charge < -0.3 is 4.74 Å². The average molecular weight is 455 g/mol. The first-order valence-corrected chi connectivity index (χ1v) is 11.5. The topological polar surface area (TPSA) is 69.7 Å². The third kappa shape index (κ3) is 7.40. The van der Waals surface area contributed by atoms with Crippen molar-refractivity contribution in [1.82, 2.24) is 0 Å².